The van der Waals surface area contributed by atoms with Crippen molar-refractivity contribution in [2.45, 2.75) is 32.0 Å². The van der Waals surface area contributed by atoms with Crippen LogP contribution in [-0.4, -0.2) is 40.0 Å². The van der Waals surface area contributed by atoms with Crippen LogP contribution in [-0.2, 0) is 22.6 Å². The molecule has 1 aliphatic rings. The maximum absolute atomic E-state index is 12.3. The molecule has 0 aliphatic carbocycles. The highest BCUT2D eigenvalue weighted by atomic mass is 35.5. The second-order valence-corrected chi connectivity index (χ2v) is 6.21. The van der Waals surface area contributed by atoms with Crippen LogP contribution in [0.5, 0.6) is 0 Å². The van der Waals surface area contributed by atoms with Gasteiger partial charge in [-0.25, -0.2) is 4.98 Å². The van der Waals surface area contributed by atoms with Gasteiger partial charge in [0.05, 0.1) is 37.3 Å². The SMILES string of the molecule is O=C(Cc1ccc(Cl)cc1)N1CCC(OCc2cnc[nH]2)CC1. The van der Waals surface area contributed by atoms with Gasteiger partial charge < -0.3 is 14.6 Å². The summed E-state index contributed by atoms with van der Waals surface area (Å²) in [5, 5.41) is 0.691. The van der Waals surface area contributed by atoms with Crippen LogP contribution in [0.2, 0.25) is 5.02 Å². The quantitative estimate of drug-likeness (QED) is 0.915. The van der Waals surface area contributed by atoms with Crippen LogP contribution in [0.3, 0.4) is 0 Å². The minimum atomic E-state index is 0.166. The number of H-pyrrole nitrogens is 1. The number of aromatic nitrogens is 2. The van der Waals surface area contributed by atoms with Gasteiger partial charge in [0.2, 0.25) is 5.91 Å². The van der Waals surface area contributed by atoms with Crippen LogP contribution in [0.1, 0.15) is 24.1 Å². The summed E-state index contributed by atoms with van der Waals surface area (Å²) in [5.74, 6) is 0.166. The summed E-state index contributed by atoms with van der Waals surface area (Å²) in [4.78, 5) is 21.3. The van der Waals surface area contributed by atoms with Gasteiger partial charge in [0.15, 0.2) is 0 Å². The largest absolute Gasteiger partial charge is 0.372 e. The number of aromatic amines is 1. The van der Waals surface area contributed by atoms with Crippen LogP contribution < -0.4 is 0 Å². The number of carbonyl (C=O) groups excluding carboxylic acids is 1. The molecule has 1 aromatic heterocycles. The molecule has 0 spiro atoms. The summed E-state index contributed by atoms with van der Waals surface area (Å²) < 4.78 is 5.86. The number of amides is 1. The summed E-state index contributed by atoms with van der Waals surface area (Å²) in [6, 6.07) is 7.44. The number of carbonyl (C=O) groups is 1. The molecule has 1 aromatic carbocycles. The first kappa shape index (κ1) is 16.0. The zero-order chi connectivity index (χ0) is 16.1. The highest BCUT2D eigenvalue weighted by molar-refractivity contribution is 6.30. The number of hydrogen-bond donors (Lipinski definition) is 1. The van der Waals surface area contributed by atoms with Crippen LogP contribution in [0.15, 0.2) is 36.8 Å². The Morgan fingerprint density at radius 1 is 1.30 bits per heavy atom. The third-order valence-electron chi connectivity index (χ3n) is 4.09. The van der Waals surface area contributed by atoms with E-state index in [9.17, 15) is 4.79 Å². The minimum absolute atomic E-state index is 0.166. The van der Waals surface area contributed by atoms with Crippen molar-refractivity contribution in [3.8, 4) is 0 Å². The Morgan fingerprint density at radius 2 is 2.04 bits per heavy atom. The molecular weight excluding hydrogens is 314 g/mol. The minimum Gasteiger partial charge on any atom is -0.372 e. The predicted octanol–water partition coefficient (Wildman–Crippen LogP) is 2.81. The molecule has 0 radical (unpaired) electrons. The Labute approximate surface area is 140 Å². The van der Waals surface area contributed by atoms with Crippen LogP contribution in [0.4, 0.5) is 0 Å². The second kappa shape index (κ2) is 7.62. The zero-order valence-corrected chi connectivity index (χ0v) is 13.6. The van der Waals surface area contributed by atoms with E-state index in [0.717, 1.165) is 37.2 Å². The fraction of sp³-hybridized carbons (Fsp3) is 0.412. The van der Waals surface area contributed by atoms with Crippen molar-refractivity contribution in [1.29, 1.82) is 0 Å². The molecule has 1 amide bonds. The van der Waals surface area contributed by atoms with E-state index in [-0.39, 0.29) is 12.0 Å². The van der Waals surface area contributed by atoms with Gasteiger partial charge in [0.25, 0.3) is 0 Å². The Kier molecular flexibility index (Phi) is 5.31. The van der Waals surface area contributed by atoms with Gasteiger partial charge in [-0.15, -0.1) is 0 Å². The Balaban J connectivity index is 1.42. The first-order chi connectivity index (χ1) is 11.2. The number of nitrogens with one attached hydrogen (secondary N) is 1. The number of ether oxygens (including phenoxy) is 1. The molecule has 1 saturated heterocycles. The van der Waals surface area contributed by atoms with Crippen molar-refractivity contribution in [2.24, 2.45) is 0 Å². The fourth-order valence-corrected chi connectivity index (χ4v) is 2.86. The van der Waals surface area contributed by atoms with E-state index in [0.29, 0.717) is 18.1 Å². The molecule has 23 heavy (non-hydrogen) atoms. The Morgan fingerprint density at radius 3 is 2.70 bits per heavy atom. The average Bonchev–Trinajstić information content (AvgIpc) is 3.09. The number of halogens is 1. The highest BCUT2D eigenvalue weighted by Gasteiger charge is 2.23. The van der Waals surface area contributed by atoms with Gasteiger partial charge in [-0.3, -0.25) is 4.79 Å². The van der Waals surface area contributed by atoms with Gasteiger partial charge in [-0.1, -0.05) is 23.7 Å². The van der Waals surface area contributed by atoms with E-state index in [1.165, 1.54) is 0 Å². The Hall–Kier alpha value is -1.85. The number of rotatable bonds is 5. The van der Waals surface area contributed by atoms with Gasteiger partial charge in [0, 0.05) is 18.1 Å². The molecule has 122 valence electrons. The predicted molar refractivity (Wildman–Crippen MR) is 88.1 cm³/mol. The van der Waals surface area contributed by atoms with E-state index < -0.39 is 0 Å². The third kappa shape index (κ3) is 4.56. The van der Waals surface area contributed by atoms with Gasteiger partial charge in [0.1, 0.15) is 0 Å². The van der Waals surface area contributed by atoms with Gasteiger partial charge in [-0.2, -0.15) is 0 Å². The molecule has 2 aromatic rings. The third-order valence-corrected chi connectivity index (χ3v) is 4.34. The van der Waals surface area contributed by atoms with Gasteiger partial charge in [-0.05, 0) is 30.5 Å². The van der Waals surface area contributed by atoms with E-state index >= 15 is 0 Å². The number of benzene rings is 1. The van der Waals surface area contributed by atoms with Crippen molar-refractivity contribution < 1.29 is 9.53 Å². The second-order valence-electron chi connectivity index (χ2n) is 5.77. The number of likely N-dealkylation sites (tertiary alicyclic amines) is 1. The maximum atomic E-state index is 12.3. The maximum Gasteiger partial charge on any atom is 0.226 e. The Bertz CT molecular complexity index is 620. The number of piperidine rings is 1. The van der Waals surface area contributed by atoms with E-state index in [1.54, 1.807) is 12.5 Å². The molecular formula is C17H20ClN3O2. The van der Waals surface area contributed by atoms with Crippen molar-refractivity contribution in [2.75, 3.05) is 13.1 Å². The van der Waals surface area contributed by atoms with E-state index in [4.69, 9.17) is 16.3 Å². The molecule has 0 saturated carbocycles. The van der Waals surface area contributed by atoms with Crippen molar-refractivity contribution in [3.63, 3.8) is 0 Å². The first-order valence-electron chi connectivity index (χ1n) is 7.82. The summed E-state index contributed by atoms with van der Waals surface area (Å²) >= 11 is 5.86. The standard InChI is InChI=1S/C17H20ClN3O2/c18-14-3-1-13(2-4-14)9-17(22)21-7-5-16(6-8-21)23-11-15-10-19-12-20-15/h1-4,10,12,16H,5-9,11H2,(H,19,20). The lowest BCUT2D eigenvalue weighted by molar-refractivity contribution is -0.133. The number of imidazole rings is 1. The van der Waals surface area contributed by atoms with Crippen molar-refractivity contribution >= 4 is 17.5 Å². The summed E-state index contributed by atoms with van der Waals surface area (Å²) in [6.45, 7) is 2.05. The van der Waals surface area contributed by atoms with E-state index in [2.05, 4.69) is 9.97 Å². The monoisotopic (exact) mass is 333 g/mol. The summed E-state index contributed by atoms with van der Waals surface area (Å²) in [6.07, 6.45) is 5.80. The molecule has 6 heteroatoms. The molecule has 1 aliphatic heterocycles. The van der Waals surface area contributed by atoms with Gasteiger partial charge >= 0.3 is 0 Å². The zero-order valence-electron chi connectivity index (χ0n) is 12.9. The molecule has 3 rings (SSSR count). The molecule has 0 atom stereocenters. The van der Waals surface area contributed by atoms with Crippen LogP contribution >= 0.6 is 11.6 Å². The van der Waals surface area contributed by atoms with Crippen molar-refractivity contribution in [3.05, 3.63) is 53.1 Å². The summed E-state index contributed by atoms with van der Waals surface area (Å²) in [5.41, 5.74) is 1.98. The molecule has 0 bridgehead atoms. The summed E-state index contributed by atoms with van der Waals surface area (Å²) in [7, 11) is 0. The molecule has 2 heterocycles. The van der Waals surface area contributed by atoms with Crippen LogP contribution in [0.25, 0.3) is 0 Å². The normalized spacial score (nSPS) is 15.8. The van der Waals surface area contributed by atoms with E-state index in [1.807, 2.05) is 29.2 Å². The fourth-order valence-electron chi connectivity index (χ4n) is 2.73. The van der Waals surface area contributed by atoms with Crippen molar-refractivity contribution in [1.82, 2.24) is 14.9 Å². The first-order valence-corrected chi connectivity index (χ1v) is 8.19. The number of hydrogen-bond acceptors (Lipinski definition) is 3. The number of nitrogens with zero attached hydrogens (tertiary/aromatic N) is 2. The lowest BCUT2D eigenvalue weighted by Gasteiger charge is -2.32. The lowest BCUT2D eigenvalue weighted by atomic mass is 10.1. The highest BCUT2D eigenvalue weighted by Crippen LogP contribution is 2.17. The molecule has 5 nitrogen and oxygen atoms in total. The van der Waals surface area contributed by atoms with Crippen LogP contribution in [0, 0.1) is 0 Å². The molecule has 0 unspecified atom stereocenters. The molecule has 1 N–H and O–H groups in total. The topological polar surface area (TPSA) is 58.2 Å². The lowest BCUT2D eigenvalue weighted by Crippen LogP contribution is -2.41. The average molecular weight is 334 g/mol. The molecule has 1 fully saturated rings. The smallest absolute Gasteiger partial charge is 0.226 e.